The maximum absolute atomic E-state index is 12.9. The molecule has 0 unspecified atom stereocenters. The van der Waals surface area contributed by atoms with Gasteiger partial charge in [0.15, 0.2) is 12.4 Å². The number of ketones is 1. The zero-order valence-corrected chi connectivity index (χ0v) is 14.6. The molecule has 1 amide bonds. The summed E-state index contributed by atoms with van der Waals surface area (Å²) in [5.74, 6) is 0.227. The molecule has 0 aliphatic carbocycles. The van der Waals surface area contributed by atoms with E-state index < -0.39 is 5.82 Å². The molecule has 1 aromatic heterocycles. The second-order valence-electron chi connectivity index (χ2n) is 5.95. The Hall–Kier alpha value is -3.41. The lowest BCUT2D eigenvalue weighted by Crippen LogP contribution is -2.31. The second kappa shape index (κ2) is 8.31. The Morgan fingerprint density at radius 2 is 1.67 bits per heavy atom. The summed E-state index contributed by atoms with van der Waals surface area (Å²) in [6.07, 6.45) is 1.54. The molecule has 0 fully saturated rings. The van der Waals surface area contributed by atoms with Crippen molar-refractivity contribution in [3.05, 3.63) is 89.6 Å². The summed E-state index contributed by atoms with van der Waals surface area (Å²) in [6, 6.07) is 15.1. The zero-order valence-electron chi connectivity index (χ0n) is 14.6. The van der Waals surface area contributed by atoms with Crippen molar-refractivity contribution in [2.24, 2.45) is 0 Å². The van der Waals surface area contributed by atoms with Crippen LogP contribution < -0.4 is 10.1 Å². The van der Waals surface area contributed by atoms with E-state index in [2.05, 4.69) is 5.32 Å². The molecule has 138 valence electrons. The highest BCUT2D eigenvalue weighted by atomic mass is 19.1. The van der Waals surface area contributed by atoms with Crippen LogP contribution in [0, 0.1) is 5.82 Å². The number of furan rings is 1. The molecule has 6 heteroatoms. The van der Waals surface area contributed by atoms with Gasteiger partial charge in [-0.15, -0.1) is 0 Å². The van der Waals surface area contributed by atoms with Gasteiger partial charge in [-0.2, -0.15) is 0 Å². The summed E-state index contributed by atoms with van der Waals surface area (Å²) in [6.45, 7) is 1.66. The second-order valence-corrected chi connectivity index (χ2v) is 5.95. The highest BCUT2D eigenvalue weighted by Crippen LogP contribution is 2.16. The van der Waals surface area contributed by atoms with Crippen LogP contribution in [0.5, 0.6) is 5.75 Å². The fraction of sp³-hybridized carbons (Fsp3) is 0.143. The van der Waals surface area contributed by atoms with Crippen molar-refractivity contribution in [3.8, 4) is 5.75 Å². The van der Waals surface area contributed by atoms with E-state index in [0.29, 0.717) is 22.6 Å². The summed E-state index contributed by atoms with van der Waals surface area (Å²) in [4.78, 5) is 24.3. The summed E-state index contributed by atoms with van der Waals surface area (Å²) in [7, 11) is 0. The van der Waals surface area contributed by atoms with Crippen molar-refractivity contribution in [1.82, 2.24) is 5.32 Å². The zero-order chi connectivity index (χ0) is 19.2. The Kier molecular flexibility index (Phi) is 5.66. The fourth-order valence-electron chi connectivity index (χ4n) is 2.51. The van der Waals surface area contributed by atoms with Gasteiger partial charge in [-0.3, -0.25) is 9.59 Å². The Balaban J connectivity index is 1.53. The maximum Gasteiger partial charge on any atom is 0.258 e. The third-order valence-electron chi connectivity index (χ3n) is 3.94. The van der Waals surface area contributed by atoms with Gasteiger partial charge in [0.05, 0.1) is 12.3 Å². The van der Waals surface area contributed by atoms with E-state index in [1.54, 1.807) is 42.7 Å². The molecule has 1 heterocycles. The molecule has 1 N–H and O–H groups in total. The molecule has 3 aromatic rings. The predicted molar refractivity (Wildman–Crippen MR) is 97.0 cm³/mol. The van der Waals surface area contributed by atoms with E-state index in [4.69, 9.17) is 9.15 Å². The number of carbonyl (C=O) groups is 2. The minimum absolute atomic E-state index is 0.156. The van der Waals surface area contributed by atoms with Gasteiger partial charge in [-0.25, -0.2) is 4.39 Å². The van der Waals surface area contributed by atoms with E-state index in [1.165, 1.54) is 24.3 Å². The van der Waals surface area contributed by atoms with Gasteiger partial charge in [-0.05, 0) is 67.6 Å². The lowest BCUT2D eigenvalue weighted by Gasteiger charge is -2.12. The molecule has 0 saturated heterocycles. The number of hydrogen-bond acceptors (Lipinski definition) is 4. The smallest absolute Gasteiger partial charge is 0.258 e. The maximum atomic E-state index is 12.9. The van der Waals surface area contributed by atoms with Crippen LogP contribution in [-0.4, -0.2) is 18.3 Å². The first-order valence-corrected chi connectivity index (χ1v) is 8.39. The molecule has 2 aromatic carbocycles. The summed E-state index contributed by atoms with van der Waals surface area (Å²) in [5.41, 5.74) is 0.848. The Morgan fingerprint density at radius 1 is 1.04 bits per heavy atom. The third-order valence-corrected chi connectivity index (χ3v) is 3.94. The number of amides is 1. The number of halogens is 1. The molecule has 0 radical (unpaired) electrons. The average Bonchev–Trinajstić information content (AvgIpc) is 3.22. The molecular weight excluding hydrogens is 349 g/mol. The van der Waals surface area contributed by atoms with E-state index in [1.807, 2.05) is 6.92 Å². The van der Waals surface area contributed by atoms with Crippen molar-refractivity contribution >= 4 is 11.7 Å². The van der Waals surface area contributed by atoms with Crippen LogP contribution in [0.4, 0.5) is 4.39 Å². The molecule has 0 spiro atoms. The molecule has 1 atom stereocenters. The quantitative estimate of drug-likeness (QED) is 0.643. The first kappa shape index (κ1) is 18.4. The molecule has 3 rings (SSSR count). The summed E-state index contributed by atoms with van der Waals surface area (Å²) >= 11 is 0. The number of hydrogen-bond donors (Lipinski definition) is 1. The van der Waals surface area contributed by atoms with Gasteiger partial charge in [0.25, 0.3) is 5.91 Å². The summed E-state index contributed by atoms with van der Waals surface area (Å²) < 4.78 is 23.6. The van der Waals surface area contributed by atoms with E-state index in [-0.39, 0.29) is 24.3 Å². The van der Waals surface area contributed by atoms with Gasteiger partial charge in [0.1, 0.15) is 17.3 Å². The van der Waals surface area contributed by atoms with Gasteiger partial charge >= 0.3 is 0 Å². The number of carbonyl (C=O) groups excluding carboxylic acids is 2. The molecule has 0 saturated carbocycles. The van der Waals surface area contributed by atoms with Gasteiger partial charge in [0, 0.05) is 11.1 Å². The molecule has 0 bridgehead atoms. The van der Waals surface area contributed by atoms with Crippen LogP contribution in [0.3, 0.4) is 0 Å². The monoisotopic (exact) mass is 367 g/mol. The molecule has 5 nitrogen and oxygen atoms in total. The van der Waals surface area contributed by atoms with Crippen LogP contribution in [0.25, 0.3) is 0 Å². The summed E-state index contributed by atoms with van der Waals surface area (Å²) in [5, 5.41) is 2.77. The largest absolute Gasteiger partial charge is 0.484 e. The van der Waals surface area contributed by atoms with Crippen molar-refractivity contribution in [2.75, 3.05) is 6.61 Å². The van der Waals surface area contributed by atoms with Crippen LogP contribution in [-0.2, 0) is 4.79 Å². The Morgan fingerprint density at radius 3 is 2.26 bits per heavy atom. The molecule has 0 aliphatic rings. The molecule has 27 heavy (non-hydrogen) atoms. The Bertz CT molecular complexity index is 902. The first-order chi connectivity index (χ1) is 13.0. The minimum atomic E-state index is -0.394. The van der Waals surface area contributed by atoms with Gasteiger partial charge in [-0.1, -0.05) is 0 Å². The number of nitrogens with one attached hydrogen (secondary N) is 1. The van der Waals surface area contributed by atoms with Crippen LogP contribution >= 0.6 is 0 Å². The van der Waals surface area contributed by atoms with Gasteiger partial charge < -0.3 is 14.5 Å². The van der Waals surface area contributed by atoms with Crippen molar-refractivity contribution in [3.63, 3.8) is 0 Å². The Labute approximate surface area is 155 Å². The van der Waals surface area contributed by atoms with Crippen molar-refractivity contribution < 1.29 is 23.1 Å². The van der Waals surface area contributed by atoms with Crippen LogP contribution in [0.15, 0.2) is 71.3 Å². The average molecular weight is 367 g/mol. The van der Waals surface area contributed by atoms with Gasteiger partial charge in [0.2, 0.25) is 0 Å². The number of ether oxygens (including phenoxy) is 1. The molecule has 0 aliphatic heterocycles. The lowest BCUT2D eigenvalue weighted by molar-refractivity contribution is -0.123. The number of benzene rings is 2. The third kappa shape index (κ3) is 4.82. The topological polar surface area (TPSA) is 68.5 Å². The van der Waals surface area contributed by atoms with Crippen molar-refractivity contribution in [2.45, 2.75) is 13.0 Å². The van der Waals surface area contributed by atoms with E-state index >= 15 is 0 Å². The van der Waals surface area contributed by atoms with E-state index in [9.17, 15) is 14.0 Å². The lowest BCUT2D eigenvalue weighted by atomic mass is 10.0. The highest BCUT2D eigenvalue weighted by molar-refractivity contribution is 6.09. The SMILES string of the molecule is C[C@@H](NC(=O)COc1ccc(C(=O)c2ccc(F)cc2)cc1)c1ccco1. The first-order valence-electron chi connectivity index (χ1n) is 8.39. The molecular formula is C21H18FNO4. The predicted octanol–water partition coefficient (Wildman–Crippen LogP) is 3.91. The normalized spacial score (nSPS) is 11.6. The van der Waals surface area contributed by atoms with E-state index in [0.717, 1.165) is 0 Å². The fourth-order valence-corrected chi connectivity index (χ4v) is 2.51. The van der Waals surface area contributed by atoms with Crippen LogP contribution in [0.1, 0.15) is 34.6 Å². The highest BCUT2D eigenvalue weighted by Gasteiger charge is 2.13. The van der Waals surface area contributed by atoms with Crippen LogP contribution in [0.2, 0.25) is 0 Å². The van der Waals surface area contributed by atoms with Crippen molar-refractivity contribution in [1.29, 1.82) is 0 Å². The minimum Gasteiger partial charge on any atom is -0.484 e. The standard InChI is InChI=1S/C21H18FNO4/c1-14(19-3-2-12-26-19)23-20(24)13-27-18-10-6-16(7-11-18)21(25)15-4-8-17(22)9-5-15/h2-12,14H,13H2,1H3,(H,23,24)/t14-/m1/s1. The number of rotatable bonds is 7.